The molecule has 0 saturated carbocycles. The molecule has 7 nitrogen and oxygen atoms in total. The molecule has 0 saturated heterocycles. The van der Waals surface area contributed by atoms with Crippen LogP contribution >= 0.6 is 22.9 Å². The quantitative estimate of drug-likeness (QED) is 0.469. The summed E-state index contributed by atoms with van der Waals surface area (Å²) in [5.41, 5.74) is 2.00. The van der Waals surface area contributed by atoms with E-state index in [0.717, 1.165) is 4.88 Å². The highest BCUT2D eigenvalue weighted by Crippen LogP contribution is 2.28. The number of hydrogen-bond acceptors (Lipinski definition) is 6. The van der Waals surface area contributed by atoms with E-state index in [1.165, 1.54) is 0 Å². The van der Waals surface area contributed by atoms with Crippen LogP contribution in [0.25, 0.3) is 0 Å². The van der Waals surface area contributed by atoms with Crippen LogP contribution in [0.4, 0.5) is 11.4 Å². The van der Waals surface area contributed by atoms with E-state index in [0.29, 0.717) is 34.1 Å². The number of rotatable bonds is 7. The van der Waals surface area contributed by atoms with Crippen LogP contribution in [0.1, 0.15) is 20.8 Å². The molecule has 0 bridgehead atoms. The largest absolute Gasteiger partial charge is 0.371 e. The number of carbonyl (C=O) groups excluding carboxylic acids is 2. The molecule has 0 radical (unpaired) electrons. The second kappa shape index (κ2) is 9.32. The van der Waals surface area contributed by atoms with Gasteiger partial charge in [0.1, 0.15) is 6.04 Å². The van der Waals surface area contributed by atoms with Crippen LogP contribution in [0.15, 0.2) is 60.0 Å². The molecule has 2 aromatic carbocycles. The van der Waals surface area contributed by atoms with Crippen molar-refractivity contribution < 1.29 is 18.0 Å². The standard InChI is InChI=1S/C22H20ClN3O4S2/c23-16-6-3-14(4-7-16)12-32(29,30)13-20-22(28)26-19-10-15(5-8-18(19)25-20)21(27)24-11-17-2-1-9-31-17/h1-10,20,25H,11-13H2,(H,24,27)(H,26,28)/t20-/m0/s1. The fraction of sp³-hybridized carbons (Fsp3) is 0.182. The number of fused-ring (bicyclic) bond motifs is 1. The summed E-state index contributed by atoms with van der Waals surface area (Å²) >= 11 is 7.39. The lowest BCUT2D eigenvalue weighted by Gasteiger charge is -2.27. The molecule has 0 unspecified atom stereocenters. The Morgan fingerprint density at radius 3 is 2.59 bits per heavy atom. The monoisotopic (exact) mass is 489 g/mol. The summed E-state index contributed by atoms with van der Waals surface area (Å²) in [4.78, 5) is 26.0. The molecule has 2 heterocycles. The van der Waals surface area contributed by atoms with Gasteiger partial charge in [-0.05, 0) is 47.3 Å². The molecule has 1 aliphatic heterocycles. The Bertz CT molecular complexity index is 1240. The van der Waals surface area contributed by atoms with E-state index >= 15 is 0 Å². The van der Waals surface area contributed by atoms with Gasteiger partial charge in [0, 0.05) is 15.5 Å². The number of nitrogens with one attached hydrogen (secondary N) is 3. The minimum absolute atomic E-state index is 0.189. The van der Waals surface area contributed by atoms with Gasteiger partial charge in [0.15, 0.2) is 9.84 Å². The van der Waals surface area contributed by atoms with Crippen molar-refractivity contribution in [1.82, 2.24) is 5.32 Å². The normalized spacial score (nSPS) is 15.4. The maximum absolute atomic E-state index is 12.6. The zero-order chi connectivity index (χ0) is 22.7. The SMILES string of the molecule is O=C(NCc1cccs1)c1ccc2c(c1)NC(=O)[C@H](CS(=O)(=O)Cc1ccc(Cl)cc1)N2. The van der Waals surface area contributed by atoms with Crippen LogP contribution in [0.5, 0.6) is 0 Å². The lowest BCUT2D eigenvalue weighted by atomic mass is 10.1. The first-order valence-corrected chi connectivity index (χ1v) is 12.8. The molecule has 32 heavy (non-hydrogen) atoms. The Balaban J connectivity index is 1.41. The Kier molecular flexibility index (Phi) is 6.50. The molecule has 0 fully saturated rings. The third kappa shape index (κ3) is 5.48. The first-order chi connectivity index (χ1) is 15.3. The minimum atomic E-state index is -3.56. The van der Waals surface area contributed by atoms with Crippen LogP contribution in [-0.4, -0.2) is 32.0 Å². The summed E-state index contributed by atoms with van der Waals surface area (Å²) in [6.07, 6.45) is 0. The van der Waals surface area contributed by atoms with E-state index in [9.17, 15) is 18.0 Å². The van der Waals surface area contributed by atoms with E-state index in [1.54, 1.807) is 53.8 Å². The third-order valence-corrected chi connectivity index (χ3v) is 7.65. The van der Waals surface area contributed by atoms with Gasteiger partial charge in [-0.1, -0.05) is 29.8 Å². The second-order valence-corrected chi connectivity index (χ2v) is 11.0. The van der Waals surface area contributed by atoms with Crippen molar-refractivity contribution in [2.45, 2.75) is 18.3 Å². The molecule has 0 spiro atoms. The summed E-state index contributed by atoms with van der Waals surface area (Å²) in [6, 6.07) is 14.3. The highest BCUT2D eigenvalue weighted by atomic mass is 35.5. The van der Waals surface area contributed by atoms with Gasteiger partial charge in [-0.15, -0.1) is 11.3 Å². The van der Waals surface area contributed by atoms with Crippen LogP contribution in [0.3, 0.4) is 0 Å². The number of amides is 2. The maximum atomic E-state index is 12.6. The van der Waals surface area contributed by atoms with E-state index in [1.807, 2.05) is 17.5 Å². The molecular formula is C22H20ClN3O4S2. The number of hydrogen-bond donors (Lipinski definition) is 3. The minimum Gasteiger partial charge on any atom is -0.371 e. The maximum Gasteiger partial charge on any atom is 0.251 e. The zero-order valence-electron chi connectivity index (χ0n) is 16.8. The number of thiophene rings is 1. The van der Waals surface area contributed by atoms with Crippen molar-refractivity contribution in [3.63, 3.8) is 0 Å². The fourth-order valence-corrected chi connectivity index (χ4v) is 5.67. The lowest BCUT2D eigenvalue weighted by molar-refractivity contribution is -0.116. The average molecular weight is 490 g/mol. The van der Waals surface area contributed by atoms with Gasteiger partial charge < -0.3 is 16.0 Å². The highest BCUT2D eigenvalue weighted by Gasteiger charge is 2.30. The van der Waals surface area contributed by atoms with Crippen molar-refractivity contribution in [2.75, 3.05) is 16.4 Å². The predicted molar refractivity (Wildman–Crippen MR) is 127 cm³/mol. The fourth-order valence-electron chi connectivity index (χ4n) is 3.34. The summed E-state index contributed by atoms with van der Waals surface area (Å²) in [5, 5.41) is 11.0. The lowest BCUT2D eigenvalue weighted by Crippen LogP contribution is -2.43. The third-order valence-electron chi connectivity index (χ3n) is 4.91. The van der Waals surface area contributed by atoms with Crippen molar-refractivity contribution in [2.24, 2.45) is 0 Å². The van der Waals surface area contributed by atoms with Gasteiger partial charge in [-0.25, -0.2) is 8.42 Å². The van der Waals surface area contributed by atoms with Crippen LogP contribution < -0.4 is 16.0 Å². The molecule has 10 heteroatoms. The summed E-state index contributed by atoms with van der Waals surface area (Å²) < 4.78 is 25.2. The van der Waals surface area contributed by atoms with Crippen LogP contribution in [0.2, 0.25) is 5.02 Å². The van der Waals surface area contributed by atoms with E-state index in [-0.39, 0.29) is 17.4 Å². The van der Waals surface area contributed by atoms with Crippen LogP contribution in [0, 0.1) is 0 Å². The molecule has 1 aromatic heterocycles. The number of benzene rings is 2. The molecule has 0 aliphatic carbocycles. The summed E-state index contributed by atoms with van der Waals surface area (Å²) in [7, 11) is -3.56. The van der Waals surface area contributed by atoms with Gasteiger partial charge in [-0.3, -0.25) is 9.59 Å². The number of halogens is 1. The Hall–Kier alpha value is -2.88. The molecule has 4 rings (SSSR count). The highest BCUT2D eigenvalue weighted by molar-refractivity contribution is 7.90. The van der Waals surface area contributed by atoms with Gasteiger partial charge in [0.25, 0.3) is 5.91 Å². The van der Waals surface area contributed by atoms with Gasteiger partial charge in [0.2, 0.25) is 5.91 Å². The molecule has 3 N–H and O–H groups in total. The molecule has 1 atom stereocenters. The molecule has 1 aliphatic rings. The number of carbonyl (C=O) groups is 2. The Morgan fingerprint density at radius 1 is 1.09 bits per heavy atom. The van der Waals surface area contributed by atoms with E-state index in [4.69, 9.17) is 11.6 Å². The van der Waals surface area contributed by atoms with Crippen molar-refractivity contribution in [1.29, 1.82) is 0 Å². The zero-order valence-corrected chi connectivity index (χ0v) is 19.2. The van der Waals surface area contributed by atoms with E-state index in [2.05, 4.69) is 16.0 Å². The van der Waals surface area contributed by atoms with Crippen molar-refractivity contribution in [3.8, 4) is 0 Å². The van der Waals surface area contributed by atoms with Gasteiger partial charge in [-0.2, -0.15) is 0 Å². The molecular weight excluding hydrogens is 470 g/mol. The molecule has 166 valence electrons. The van der Waals surface area contributed by atoms with E-state index < -0.39 is 21.8 Å². The predicted octanol–water partition coefficient (Wildman–Crippen LogP) is 3.68. The Morgan fingerprint density at radius 2 is 1.88 bits per heavy atom. The van der Waals surface area contributed by atoms with Gasteiger partial charge in [0.05, 0.1) is 29.4 Å². The number of anilines is 2. The first-order valence-electron chi connectivity index (χ1n) is 9.76. The summed E-state index contributed by atoms with van der Waals surface area (Å²) in [6.45, 7) is 0.422. The molecule has 2 amide bonds. The molecule has 3 aromatic rings. The van der Waals surface area contributed by atoms with Crippen LogP contribution in [-0.2, 0) is 26.9 Å². The smallest absolute Gasteiger partial charge is 0.251 e. The van der Waals surface area contributed by atoms with Gasteiger partial charge >= 0.3 is 0 Å². The average Bonchev–Trinajstić information content (AvgIpc) is 3.27. The van der Waals surface area contributed by atoms with Crippen molar-refractivity contribution >= 4 is 56.0 Å². The van der Waals surface area contributed by atoms with Crippen molar-refractivity contribution in [3.05, 3.63) is 81.0 Å². The topological polar surface area (TPSA) is 104 Å². The summed E-state index contributed by atoms with van der Waals surface area (Å²) in [5.74, 6) is -1.27. The second-order valence-electron chi connectivity index (χ2n) is 7.39. The number of sulfone groups is 1. The first kappa shape index (κ1) is 22.3. The Labute approximate surface area is 194 Å².